The van der Waals surface area contributed by atoms with E-state index in [2.05, 4.69) is 5.32 Å². The zero-order chi connectivity index (χ0) is 19.3. The summed E-state index contributed by atoms with van der Waals surface area (Å²) in [5, 5.41) is 2.45. The van der Waals surface area contributed by atoms with Gasteiger partial charge in [0, 0.05) is 17.1 Å². The summed E-state index contributed by atoms with van der Waals surface area (Å²) in [6, 6.07) is 4.86. The second-order valence-electron chi connectivity index (χ2n) is 5.44. The van der Waals surface area contributed by atoms with E-state index in [9.17, 15) is 28.0 Å². The molecule has 5 amide bonds. The second-order valence-corrected chi connectivity index (χ2v) is 6.50. The van der Waals surface area contributed by atoms with Gasteiger partial charge in [-0.05, 0) is 30.7 Å². The van der Waals surface area contributed by atoms with Crippen LogP contribution in [0.15, 0.2) is 29.2 Å². The highest BCUT2D eigenvalue weighted by Gasteiger charge is 2.44. The van der Waals surface area contributed by atoms with Gasteiger partial charge in [0.1, 0.15) is 6.54 Å². The van der Waals surface area contributed by atoms with Crippen molar-refractivity contribution in [3.8, 4) is 0 Å². The molecule has 1 fully saturated rings. The van der Waals surface area contributed by atoms with Crippen LogP contribution in [0.25, 0.3) is 0 Å². The molecule has 1 N–H and O–H groups in total. The summed E-state index contributed by atoms with van der Waals surface area (Å²) in [6.07, 6.45) is 1.30. The molecule has 1 aromatic carbocycles. The van der Waals surface area contributed by atoms with E-state index in [1.54, 1.807) is 0 Å². The molecule has 1 aliphatic rings. The molecule has 10 heteroatoms. The number of carbonyl (C=O) groups is 4. The number of unbranched alkanes of at least 4 members (excludes halogenated alkanes) is 1. The van der Waals surface area contributed by atoms with Gasteiger partial charge in [-0.25, -0.2) is 9.69 Å². The SMILES string of the molecule is CCCCN1C(=O)C(=O)N(CC(=O)Nc2ccc(SC(F)F)cc2)C1=O. The maximum atomic E-state index is 12.3. The number of amides is 5. The van der Waals surface area contributed by atoms with Crippen molar-refractivity contribution in [3.05, 3.63) is 24.3 Å². The lowest BCUT2D eigenvalue weighted by molar-refractivity contribution is -0.143. The number of anilines is 1. The Labute approximate surface area is 152 Å². The first-order chi connectivity index (χ1) is 12.3. The summed E-state index contributed by atoms with van der Waals surface area (Å²) in [5.41, 5.74) is 0.321. The maximum absolute atomic E-state index is 12.3. The smallest absolute Gasteiger partial charge is 0.325 e. The van der Waals surface area contributed by atoms with Crippen LogP contribution in [0.4, 0.5) is 19.3 Å². The lowest BCUT2D eigenvalue weighted by Crippen LogP contribution is -2.39. The number of nitrogens with zero attached hydrogens (tertiary/aromatic N) is 2. The van der Waals surface area contributed by atoms with Gasteiger partial charge < -0.3 is 5.32 Å². The van der Waals surface area contributed by atoms with Crippen LogP contribution in [0.3, 0.4) is 0 Å². The van der Waals surface area contributed by atoms with Crippen molar-refractivity contribution in [1.82, 2.24) is 9.80 Å². The van der Waals surface area contributed by atoms with Crippen molar-refractivity contribution in [3.63, 3.8) is 0 Å². The van der Waals surface area contributed by atoms with Crippen LogP contribution in [0.1, 0.15) is 19.8 Å². The number of imide groups is 2. The van der Waals surface area contributed by atoms with Crippen molar-refractivity contribution in [2.45, 2.75) is 30.4 Å². The molecule has 1 aliphatic heterocycles. The Bertz CT molecular complexity index is 712. The van der Waals surface area contributed by atoms with Crippen LogP contribution >= 0.6 is 11.8 Å². The molecule has 0 spiro atoms. The van der Waals surface area contributed by atoms with E-state index in [0.29, 0.717) is 33.7 Å². The second kappa shape index (κ2) is 8.75. The summed E-state index contributed by atoms with van der Waals surface area (Å²) in [4.78, 5) is 49.6. The highest BCUT2D eigenvalue weighted by Crippen LogP contribution is 2.26. The van der Waals surface area contributed by atoms with Crippen molar-refractivity contribution >= 4 is 41.2 Å². The lowest BCUT2D eigenvalue weighted by atomic mass is 10.3. The Morgan fingerprint density at radius 2 is 1.73 bits per heavy atom. The topological polar surface area (TPSA) is 86.8 Å². The van der Waals surface area contributed by atoms with Gasteiger partial charge in [0.15, 0.2) is 0 Å². The molecular weight excluding hydrogens is 368 g/mol. The zero-order valence-electron chi connectivity index (χ0n) is 13.9. The highest BCUT2D eigenvalue weighted by atomic mass is 32.2. The molecular formula is C16H17F2N3O4S. The van der Waals surface area contributed by atoms with Gasteiger partial charge in [-0.15, -0.1) is 0 Å². The number of nitrogens with one attached hydrogen (secondary N) is 1. The molecule has 140 valence electrons. The standard InChI is InChI=1S/C16H17F2N3O4S/c1-2-3-8-20-13(23)14(24)21(16(20)25)9-12(22)19-10-4-6-11(7-5-10)26-15(17)18/h4-7,15H,2-3,8-9H2,1H3,(H,19,22). The van der Waals surface area contributed by atoms with Gasteiger partial charge >= 0.3 is 17.8 Å². The highest BCUT2D eigenvalue weighted by molar-refractivity contribution is 7.99. The van der Waals surface area contributed by atoms with Gasteiger partial charge in [-0.3, -0.25) is 19.3 Å². The maximum Gasteiger partial charge on any atom is 0.334 e. The summed E-state index contributed by atoms with van der Waals surface area (Å²) >= 11 is 0.373. The van der Waals surface area contributed by atoms with Gasteiger partial charge in [-0.2, -0.15) is 8.78 Å². The van der Waals surface area contributed by atoms with Crippen molar-refractivity contribution in [1.29, 1.82) is 0 Å². The van der Waals surface area contributed by atoms with E-state index in [1.807, 2.05) is 6.92 Å². The largest absolute Gasteiger partial charge is 0.334 e. The summed E-state index contributed by atoms with van der Waals surface area (Å²) in [5.74, 6) is -5.20. The van der Waals surface area contributed by atoms with Crippen LogP contribution in [0.2, 0.25) is 0 Å². The van der Waals surface area contributed by atoms with Crippen LogP contribution in [-0.2, 0) is 14.4 Å². The quantitative estimate of drug-likeness (QED) is 0.422. The predicted octanol–water partition coefficient (Wildman–Crippen LogP) is 2.53. The Kier molecular flexibility index (Phi) is 6.67. The third-order valence-electron chi connectivity index (χ3n) is 3.54. The Hall–Kier alpha value is -2.49. The molecule has 0 bridgehead atoms. The van der Waals surface area contributed by atoms with E-state index >= 15 is 0 Å². The van der Waals surface area contributed by atoms with Crippen LogP contribution in [-0.4, -0.2) is 52.4 Å². The number of thioether (sulfide) groups is 1. The van der Waals surface area contributed by atoms with Crippen molar-refractivity contribution < 1.29 is 28.0 Å². The number of hydrogen-bond acceptors (Lipinski definition) is 5. The van der Waals surface area contributed by atoms with E-state index < -0.39 is 36.1 Å². The number of rotatable bonds is 8. The van der Waals surface area contributed by atoms with Crippen LogP contribution in [0, 0.1) is 0 Å². The molecule has 0 saturated carbocycles. The van der Waals surface area contributed by atoms with Crippen LogP contribution in [0.5, 0.6) is 0 Å². The number of halogens is 2. The molecule has 0 aliphatic carbocycles. The third-order valence-corrected chi connectivity index (χ3v) is 4.26. The third kappa shape index (κ3) is 4.78. The minimum atomic E-state index is -2.55. The van der Waals surface area contributed by atoms with Gasteiger partial charge in [0.2, 0.25) is 5.91 Å². The van der Waals surface area contributed by atoms with Crippen molar-refractivity contribution in [2.24, 2.45) is 0 Å². The van der Waals surface area contributed by atoms with E-state index in [4.69, 9.17) is 0 Å². The monoisotopic (exact) mass is 385 g/mol. The number of urea groups is 1. The Morgan fingerprint density at radius 1 is 1.12 bits per heavy atom. The van der Waals surface area contributed by atoms with E-state index in [0.717, 1.165) is 11.3 Å². The van der Waals surface area contributed by atoms with Crippen LogP contribution < -0.4 is 5.32 Å². The summed E-state index contributed by atoms with van der Waals surface area (Å²) in [6.45, 7) is 1.41. The molecule has 0 aromatic heterocycles. The molecule has 0 radical (unpaired) electrons. The van der Waals surface area contributed by atoms with E-state index in [-0.39, 0.29) is 6.54 Å². The van der Waals surface area contributed by atoms with Crippen molar-refractivity contribution in [2.75, 3.05) is 18.4 Å². The molecule has 1 heterocycles. The first-order valence-electron chi connectivity index (χ1n) is 7.85. The molecule has 7 nitrogen and oxygen atoms in total. The van der Waals surface area contributed by atoms with Gasteiger partial charge in [-0.1, -0.05) is 25.1 Å². The number of carbonyl (C=O) groups excluding carboxylic acids is 4. The Balaban J connectivity index is 1.95. The van der Waals surface area contributed by atoms with Gasteiger partial charge in [0.25, 0.3) is 5.76 Å². The fourth-order valence-corrected chi connectivity index (χ4v) is 2.77. The minimum absolute atomic E-state index is 0.126. The zero-order valence-corrected chi connectivity index (χ0v) is 14.7. The molecule has 26 heavy (non-hydrogen) atoms. The molecule has 0 atom stereocenters. The normalized spacial score (nSPS) is 14.5. The Morgan fingerprint density at radius 3 is 2.31 bits per heavy atom. The number of hydrogen-bond donors (Lipinski definition) is 1. The van der Waals surface area contributed by atoms with Gasteiger partial charge in [0.05, 0.1) is 0 Å². The average molecular weight is 385 g/mol. The molecule has 1 aromatic rings. The summed E-state index contributed by atoms with van der Waals surface area (Å²) < 4.78 is 24.5. The first-order valence-corrected chi connectivity index (χ1v) is 8.73. The molecule has 1 saturated heterocycles. The predicted molar refractivity (Wildman–Crippen MR) is 90.7 cm³/mol. The minimum Gasteiger partial charge on any atom is -0.325 e. The summed E-state index contributed by atoms with van der Waals surface area (Å²) in [7, 11) is 0. The lowest BCUT2D eigenvalue weighted by Gasteiger charge is -2.15. The fraction of sp³-hybridized carbons (Fsp3) is 0.375. The average Bonchev–Trinajstić information content (AvgIpc) is 2.78. The molecule has 0 unspecified atom stereocenters. The number of alkyl halides is 2. The first kappa shape index (κ1) is 19.8. The fourth-order valence-electron chi connectivity index (χ4n) is 2.27. The van der Waals surface area contributed by atoms with E-state index in [1.165, 1.54) is 24.3 Å². The number of benzene rings is 1. The molecule has 2 rings (SSSR count).